The summed E-state index contributed by atoms with van der Waals surface area (Å²) >= 11 is 0. The third kappa shape index (κ3) is 3.86. The third-order valence-electron chi connectivity index (χ3n) is 5.34. The highest BCUT2D eigenvalue weighted by atomic mass is 32.2. The molecule has 11 heteroatoms. The molecular weight excluding hydrogens is 428 g/mol. The first-order valence-corrected chi connectivity index (χ1v) is 11.1. The Morgan fingerprint density at radius 3 is 2.45 bits per heavy atom. The number of aromatic nitrogens is 2. The predicted molar refractivity (Wildman–Crippen MR) is 115 cm³/mol. The van der Waals surface area contributed by atoms with Gasteiger partial charge >= 0.3 is 10.2 Å². The summed E-state index contributed by atoms with van der Waals surface area (Å²) < 4.78 is 59.2. The molecule has 0 spiro atoms. The van der Waals surface area contributed by atoms with Crippen LogP contribution in [0.15, 0.2) is 35.4 Å². The molecule has 1 saturated heterocycles. The number of fused-ring (bicyclic) bond motifs is 1. The van der Waals surface area contributed by atoms with Crippen LogP contribution in [0.5, 0.6) is 0 Å². The second-order valence-corrected chi connectivity index (χ2v) is 9.09. The molecule has 0 radical (unpaired) electrons. The van der Waals surface area contributed by atoms with E-state index in [0.717, 1.165) is 25.0 Å². The smallest absolute Gasteiger partial charge is 0.301 e. The molecular formula is C20H21F2N5O3S. The Kier molecular flexibility index (Phi) is 5.40. The lowest BCUT2D eigenvalue weighted by atomic mass is 10.1. The molecule has 2 aromatic carbocycles. The minimum Gasteiger partial charge on any atom is -0.350 e. The average Bonchev–Trinajstić information content (AvgIpc) is 3.27. The number of halogens is 2. The Bertz CT molecular complexity index is 1330. The highest BCUT2D eigenvalue weighted by Crippen LogP contribution is 2.32. The van der Waals surface area contributed by atoms with Gasteiger partial charge in [-0.1, -0.05) is 0 Å². The number of nitrogens with one attached hydrogen (secondary N) is 2. The summed E-state index contributed by atoms with van der Waals surface area (Å²) in [5.41, 5.74) is 0.0399. The lowest BCUT2D eigenvalue weighted by Crippen LogP contribution is -2.33. The molecule has 1 aromatic heterocycles. The molecule has 0 atom stereocenters. The lowest BCUT2D eigenvalue weighted by Gasteiger charge is -2.19. The molecule has 0 bridgehead atoms. The van der Waals surface area contributed by atoms with E-state index in [2.05, 4.69) is 15.0 Å². The predicted octanol–water partition coefficient (Wildman–Crippen LogP) is 3.02. The van der Waals surface area contributed by atoms with Gasteiger partial charge in [0, 0.05) is 25.8 Å². The molecule has 1 aliphatic rings. The molecule has 8 nitrogen and oxygen atoms in total. The Balaban J connectivity index is 1.73. The minimum atomic E-state index is -3.94. The molecule has 1 aliphatic heterocycles. The van der Waals surface area contributed by atoms with Crippen LogP contribution in [0.25, 0.3) is 10.9 Å². The zero-order valence-electron chi connectivity index (χ0n) is 16.9. The molecule has 4 rings (SSSR count). The zero-order chi connectivity index (χ0) is 22.3. The van der Waals surface area contributed by atoms with Crippen molar-refractivity contribution in [1.29, 1.82) is 0 Å². The van der Waals surface area contributed by atoms with Crippen molar-refractivity contribution >= 4 is 38.2 Å². The summed E-state index contributed by atoms with van der Waals surface area (Å²) in [5.74, 6) is -1.98. The monoisotopic (exact) mass is 449 g/mol. The molecule has 0 amide bonds. The van der Waals surface area contributed by atoms with Gasteiger partial charge in [-0.05, 0) is 49.6 Å². The molecule has 3 aromatic rings. The highest BCUT2D eigenvalue weighted by molar-refractivity contribution is 7.90. The molecule has 2 N–H and O–H groups in total. The maximum Gasteiger partial charge on any atom is 0.301 e. The van der Waals surface area contributed by atoms with E-state index in [1.165, 1.54) is 15.2 Å². The van der Waals surface area contributed by atoms with Crippen LogP contribution in [0.3, 0.4) is 0 Å². The van der Waals surface area contributed by atoms with Crippen LogP contribution < -0.4 is 15.6 Å². The number of rotatable bonds is 5. The van der Waals surface area contributed by atoms with Crippen molar-refractivity contribution in [1.82, 2.24) is 13.9 Å². The second-order valence-electron chi connectivity index (χ2n) is 7.42. The van der Waals surface area contributed by atoms with E-state index in [0.29, 0.717) is 35.2 Å². The topological polar surface area (TPSA) is 96.3 Å². The highest BCUT2D eigenvalue weighted by Gasteiger charge is 2.27. The van der Waals surface area contributed by atoms with Gasteiger partial charge in [-0.15, -0.1) is 0 Å². The van der Waals surface area contributed by atoms with Crippen molar-refractivity contribution in [2.75, 3.05) is 23.1 Å². The van der Waals surface area contributed by atoms with Crippen LogP contribution in [-0.4, -0.2) is 35.4 Å². The summed E-state index contributed by atoms with van der Waals surface area (Å²) in [6.07, 6.45) is 2.86. The van der Waals surface area contributed by atoms with Gasteiger partial charge in [0.15, 0.2) is 5.82 Å². The van der Waals surface area contributed by atoms with Crippen LogP contribution in [0.1, 0.15) is 18.4 Å². The molecule has 1 fully saturated rings. The Morgan fingerprint density at radius 1 is 1.06 bits per heavy atom. The fourth-order valence-electron chi connectivity index (χ4n) is 3.60. The number of nitrogens with zero attached hydrogens (tertiary/aromatic N) is 3. The van der Waals surface area contributed by atoms with Crippen molar-refractivity contribution in [3.05, 3.63) is 58.1 Å². The van der Waals surface area contributed by atoms with Crippen molar-refractivity contribution in [2.45, 2.75) is 19.8 Å². The maximum atomic E-state index is 15.1. The van der Waals surface area contributed by atoms with Gasteiger partial charge in [0.2, 0.25) is 0 Å². The van der Waals surface area contributed by atoms with E-state index in [1.54, 1.807) is 26.1 Å². The molecule has 0 unspecified atom stereocenters. The fourth-order valence-corrected chi connectivity index (χ4v) is 4.90. The van der Waals surface area contributed by atoms with Gasteiger partial charge in [0.1, 0.15) is 11.5 Å². The molecule has 31 heavy (non-hydrogen) atoms. The summed E-state index contributed by atoms with van der Waals surface area (Å²) in [7, 11) is -2.39. The fraction of sp³-hybridized carbons (Fsp3) is 0.300. The first kappa shape index (κ1) is 21.2. The first-order valence-electron chi connectivity index (χ1n) is 9.67. The van der Waals surface area contributed by atoms with Crippen LogP contribution in [0.4, 0.5) is 25.8 Å². The van der Waals surface area contributed by atoms with Gasteiger partial charge in [-0.2, -0.15) is 12.7 Å². The van der Waals surface area contributed by atoms with Crippen LogP contribution in [0, 0.1) is 18.6 Å². The lowest BCUT2D eigenvalue weighted by molar-refractivity contribution is 0.482. The Labute approximate surface area is 177 Å². The van der Waals surface area contributed by atoms with Crippen molar-refractivity contribution < 1.29 is 17.2 Å². The normalized spacial score (nSPS) is 14.8. The molecule has 164 valence electrons. The number of anilines is 3. The van der Waals surface area contributed by atoms with E-state index < -0.39 is 27.5 Å². The SMILES string of the molecule is Cc1c(Nc2c(F)ccc(NS(=O)(=O)N3CCCC3)c2F)ccc2ncn(C)c(=O)c12. The summed E-state index contributed by atoms with van der Waals surface area (Å²) in [6.45, 7) is 2.34. The van der Waals surface area contributed by atoms with Crippen molar-refractivity contribution in [2.24, 2.45) is 7.05 Å². The van der Waals surface area contributed by atoms with Crippen molar-refractivity contribution in [3.63, 3.8) is 0 Å². The number of hydrogen-bond donors (Lipinski definition) is 2. The Hall–Kier alpha value is -3.05. The van der Waals surface area contributed by atoms with Crippen LogP contribution in [-0.2, 0) is 17.3 Å². The maximum absolute atomic E-state index is 15.1. The average molecular weight is 449 g/mol. The van der Waals surface area contributed by atoms with E-state index in [-0.39, 0.29) is 11.2 Å². The Morgan fingerprint density at radius 2 is 1.74 bits per heavy atom. The van der Waals surface area contributed by atoms with E-state index >= 15 is 4.39 Å². The minimum absolute atomic E-state index is 0.292. The molecule has 2 heterocycles. The summed E-state index contributed by atoms with van der Waals surface area (Å²) in [6, 6.07) is 5.15. The summed E-state index contributed by atoms with van der Waals surface area (Å²) in [4.78, 5) is 16.7. The van der Waals surface area contributed by atoms with E-state index in [1.807, 2.05) is 0 Å². The largest absolute Gasteiger partial charge is 0.350 e. The third-order valence-corrected chi connectivity index (χ3v) is 6.86. The number of aryl methyl sites for hydroxylation is 2. The molecule has 0 aliphatic carbocycles. The van der Waals surface area contributed by atoms with Gasteiger partial charge in [0.25, 0.3) is 5.56 Å². The van der Waals surface area contributed by atoms with Gasteiger partial charge in [-0.25, -0.2) is 13.8 Å². The van der Waals surface area contributed by atoms with Gasteiger partial charge in [-0.3, -0.25) is 9.52 Å². The zero-order valence-corrected chi connectivity index (χ0v) is 17.8. The summed E-state index contributed by atoms with van der Waals surface area (Å²) in [5, 5.41) is 2.99. The quantitative estimate of drug-likeness (QED) is 0.624. The van der Waals surface area contributed by atoms with Crippen LogP contribution in [0.2, 0.25) is 0 Å². The van der Waals surface area contributed by atoms with Crippen molar-refractivity contribution in [3.8, 4) is 0 Å². The number of hydrogen-bond acceptors (Lipinski definition) is 5. The van der Waals surface area contributed by atoms with E-state index in [4.69, 9.17) is 0 Å². The van der Waals surface area contributed by atoms with Gasteiger partial charge in [0.05, 0.1) is 22.9 Å². The van der Waals surface area contributed by atoms with Gasteiger partial charge < -0.3 is 9.88 Å². The first-order chi connectivity index (χ1) is 14.7. The molecule has 0 saturated carbocycles. The number of benzene rings is 2. The second kappa shape index (κ2) is 7.89. The standard InChI is InChI=1S/C20H21F2N5O3S/c1-12-14(7-8-15-17(12)20(28)26(2)11-23-15)24-19-13(21)5-6-16(18(19)22)25-31(29,30)27-9-3-4-10-27/h5-8,11,24-25H,3-4,9-10H2,1-2H3. The van der Waals surface area contributed by atoms with Crippen LogP contribution >= 0.6 is 0 Å². The van der Waals surface area contributed by atoms with E-state index in [9.17, 15) is 17.6 Å².